The Hall–Kier alpha value is -4.16. The summed E-state index contributed by atoms with van der Waals surface area (Å²) in [5.41, 5.74) is 5.93. The molecule has 12 nitrogen and oxygen atoms in total. The van der Waals surface area contributed by atoms with Crippen LogP contribution in [-0.4, -0.2) is 99.3 Å². The summed E-state index contributed by atoms with van der Waals surface area (Å²) in [6.07, 6.45) is 2.46. The van der Waals surface area contributed by atoms with Crippen LogP contribution in [0.3, 0.4) is 0 Å². The molecule has 5 aromatic rings. The van der Waals surface area contributed by atoms with E-state index < -0.39 is 16.1 Å². The lowest BCUT2D eigenvalue weighted by atomic mass is 10.0. The van der Waals surface area contributed by atoms with Gasteiger partial charge in [0.15, 0.2) is 5.65 Å². The largest absolute Gasteiger partial charge is 0.390 e. The monoisotopic (exact) mass is 776 g/mol. The third-order valence-electron chi connectivity index (χ3n) is 10.1. The number of benzene rings is 2. The fourth-order valence-electron chi connectivity index (χ4n) is 7.29. The van der Waals surface area contributed by atoms with Crippen LogP contribution in [0.1, 0.15) is 41.3 Å². The topological polar surface area (TPSA) is 122 Å². The van der Waals surface area contributed by atoms with Crippen LogP contribution < -0.4 is 10.6 Å². The highest BCUT2D eigenvalue weighted by molar-refractivity contribution is 7.88. The highest BCUT2D eigenvalue weighted by Crippen LogP contribution is 2.33. The molecule has 1 N–H and O–H groups in total. The Bertz CT molecular complexity index is 2400. The van der Waals surface area contributed by atoms with E-state index in [9.17, 15) is 18.3 Å². The van der Waals surface area contributed by atoms with Gasteiger partial charge in [0.2, 0.25) is 10.0 Å². The maximum Gasteiger partial charge on any atom is 0.330 e. The molecule has 0 radical (unpaired) electrons. The summed E-state index contributed by atoms with van der Waals surface area (Å²) in [4.78, 5) is 22.3. The number of likely N-dealkylation sites (tertiary alicyclic amines) is 1. The summed E-state index contributed by atoms with van der Waals surface area (Å²) in [5.74, 6) is 7.08. The van der Waals surface area contributed by atoms with Crippen LogP contribution in [0.4, 0.5) is 5.82 Å². The number of rotatable bonds is 8. The van der Waals surface area contributed by atoms with E-state index in [1.807, 2.05) is 64.6 Å². The average Bonchev–Trinajstić information content (AvgIpc) is 3.61. The van der Waals surface area contributed by atoms with Crippen molar-refractivity contribution in [2.24, 2.45) is 7.05 Å². The molecule has 2 aliphatic heterocycles. The summed E-state index contributed by atoms with van der Waals surface area (Å²) in [6.45, 7) is 2.63. The predicted molar refractivity (Wildman–Crippen MR) is 209 cm³/mol. The van der Waals surface area contributed by atoms with Gasteiger partial charge in [-0.3, -0.25) is 13.8 Å². The average molecular weight is 778 g/mol. The number of hydrogen-bond acceptors (Lipinski definition) is 8. The standard InChI is InChI=1S/C38H42Cl2N8O4S/c1-43(2)35-14-13-34-37(41-35)48(38(50)44(34)3)29-15-18-45(19-16-29)22-30(49)23-47-33-17-20-46(53(4,51)52)24-31(33)36(42-47)27-9-12-32(40)26(21-27)8-5-25-6-10-28(39)11-7-25/h6-7,9-14,21,29-30,49H,15-20,22-24H2,1-4H3. The van der Waals surface area contributed by atoms with E-state index in [4.69, 9.17) is 33.3 Å². The zero-order valence-corrected chi connectivity index (χ0v) is 32.5. The highest BCUT2D eigenvalue weighted by atomic mass is 35.5. The van der Waals surface area contributed by atoms with Gasteiger partial charge in [0.05, 0.1) is 35.1 Å². The second-order valence-electron chi connectivity index (χ2n) is 14.1. The maximum absolute atomic E-state index is 13.3. The summed E-state index contributed by atoms with van der Waals surface area (Å²) >= 11 is 12.6. The number of sulfonamides is 1. The Morgan fingerprint density at radius 3 is 2.43 bits per heavy atom. The summed E-state index contributed by atoms with van der Waals surface area (Å²) in [7, 11) is 2.20. The third kappa shape index (κ3) is 7.76. The van der Waals surface area contributed by atoms with Crippen LogP contribution in [0.5, 0.6) is 0 Å². The molecule has 7 rings (SSSR count). The normalized spacial score (nSPS) is 16.4. The zero-order valence-electron chi connectivity index (χ0n) is 30.1. The van der Waals surface area contributed by atoms with Crippen LogP contribution in [0.25, 0.3) is 22.4 Å². The lowest BCUT2D eigenvalue weighted by molar-refractivity contribution is 0.0762. The number of fused-ring (bicyclic) bond motifs is 2. The smallest absolute Gasteiger partial charge is 0.330 e. The minimum Gasteiger partial charge on any atom is -0.390 e. The van der Waals surface area contributed by atoms with E-state index in [1.165, 1.54) is 10.6 Å². The van der Waals surface area contributed by atoms with Gasteiger partial charge < -0.3 is 14.9 Å². The molecule has 0 spiro atoms. The quantitative estimate of drug-likeness (QED) is 0.231. The fraction of sp³-hybridized carbons (Fsp3) is 0.395. The molecule has 2 aliphatic rings. The number of imidazole rings is 1. The molecule has 3 aromatic heterocycles. The number of halogens is 2. The lowest BCUT2D eigenvalue weighted by Crippen LogP contribution is -2.42. The number of aromatic nitrogens is 5. The number of hydrogen-bond donors (Lipinski definition) is 1. The highest BCUT2D eigenvalue weighted by Gasteiger charge is 2.31. The molecule has 278 valence electrons. The number of piperidine rings is 1. The molecule has 1 unspecified atom stereocenters. The molecule has 2 aromatic carbocycles. The maximum atomic E-state index is 13.3. The first-order valence-electron chi connectivity index (χ1n) is 17.5. The van der Waals surface area contributed by atoms with Gasteiger partial charge in [0.1, 0.15) is 5.82 Å². The molecule has 53 heavy (non-hydrogen) atoms. The van der Waals surface area contributed by atoms with Gasteiger partial charge in [-0.05, 0) is 61.4 Å². The molecule has 1 fully saturated rings. The first kappa shape index (κ1) is 37.2. The Balaban J connectivity index is 1.10. The van der Waals surface area contributed by atoms with Gasteiger partial charge in [-0.25, -0.2) is 18.2 Å². The van der Waals surface area contributed by atoms with Crippen molar-refractivity contribution in [3.63, 3.8) is 0 Å². The lowest BCUT2D eigenvalue weighted by Gasteiger charge is -2.33. The van der Waals surface area contributed by atoms with Gasteiger partial charge >= 0.3 is 5.69 Å². The van der Waals surface area contributed by atoms with Crippen LogP contribution in [0, 0.1) is 11.8 Å². The van der Waals surface area contributed by atoms with Crippen LogP contribution in [-0.2, 0) is 36.6 Å². The molecule has 0 amide bonds. The first-order valence-corrected chi connectivity index (χ1v) is 20.1. The molecule has 0 aliphatic carbocycles. The number of aryl methyl sites for hydroxylation is 1. The van der Waals surface area contributed by atoms with Crippen molar-refractivity contribution in [1.82, 2.24) is 33.1 Å². The predicted octanol–water partition coefficient (Wildman–Crippen LogP) is 4.39. The number of anilines is 1. The van der Waals surface area contributed by atoms with E-state index >= 15 is 0 Å². The number of aliphatic hydroxyl groups is 1. The molecule has 15 heteroatoms. The van der Waals surface area contributed by atoms with Gasteiger partial charge in [0, 0.05) is 99.3 Å². The second kappa shape index (κ2) is 14.9. The fourth-order valence-corrected chi connectivity index (χ4v) is 8.37. The van der Waals surface area contributed by atoms with Gasteiger partial charge in [-0.1, -0.05) is 41.1 Å². The Kier molecular flexibility index (Phi) is 10.5. The molecular formula is C38H42Cl2N8O4S. The van der Waals surface area contributed by atoms with E-state index in [0.717, 1.165) is 46.6 Å². The molecule has 1 atom stereocenters. The van der Waals surface area contributed by atoms with Crippen LogP contribution >= 0.6 is 23.2 Å². The SMILES string of the molecule is CN(C)c1ccc2c(n1)n(C1CCN(CC(O)Cn3nc(-c4ccc(Cl)c(C#Cc5ccc(Cl)cc5)c4)c4c3CCN(S(C)(=O)=O)C4)CC1)c(=O)n2C. The van der Waals surface area contributed by atoms with Crippen molar-refractivity contribution in [1.29, 1.82) is 0 Å². The summed E-state index contributed by atoms with van der Waals surface area (Å²) in [6, 6.07) is 16.6. The van der Waals surface area contributed by atoms with E-state index in [-0.39, 0.29) is 24.8 Å². The van der Waals surface area contributed by atoms with Crippen molar-refractivity contribution in [2.75, 3.05) is 51.4 Å². The molecule has 5 heterocycles. The van der Waals surface area contributed by atoms with E-state index in [2.05, 4.69) is 16.7 Å². The molecule has 0 saturated carbocycles. The number of β-amino-alcohol motifs (C(OH)–C–C–N with tert-alkyl or cyclic N) is 1. The zero-order chi connectivity index (χ0) is 37.6. The van der Waals surface area contributed by atoms with Gasteiger partial charge in [0.25, 0.3) is 0 Å². The molecular weight excluding hydrogens is 735 g/mol. The Morgan fingerprint density at radius 2 is 1.74 bits per heavy atom. The van der Waals surface area contributed by atoms with Crippen LogP contribution in [0.15, 0.2) is 59.4 Å². The van der Waals surface area contributed by atoms with Crippen molar-refractivity contribution in [3.8, 4) is 23.1 Å². The van der Waals surface area contributed by atoms with Crippen molar-refractivity contribution in [2.45, 2.75) is 44.5 Å². The number of nitrogens with zero attached hydrogens (tertiary/aromatic N) is 8. The summed E-state index contributed by atoms with van der Waals surface area (Å²) in [5, 5.41) is 17.5. The number of pyridine rings is 1. The van der Waals surface area contributed by atoms with Gasteiger partial charge in [-0.15, -0.1) is 0 Å². The minimum absolute atomic E-state index is 0.00290. The van der Waals surface area contributed by atoms with Crippen LogP contribution in [0.2, 0.25) is 10.0 Å². The molecule has 0 bridgehead atoms. The Morgan fingerprint density at radius 1 is 1.00 bits per heavy atom. The minimum atomic E-state index is -3.44. The van der Waals surface area contributed by atoms with Crippen molar-refractivity contribution >= 4 is 50.2 Å². The first-order chi connectivity index (χ1) is 25.3. The third-order valence-corrected chi connectivity index (χ3v) is 12.0. The van der Waals surface area contributed by atoms with E-state index in [0.29, 0.717) is 59.5 Å². The number of aliphatic hydroxyl groups excluding tert-OH is 1. The van der Waals surface area contributed by atoms with E-state index in [1.54, 1.807) is 29.8 Å². The van der Waals surface area contributed by atoms with Gasteiger partial charge in [-0.2, -0.15) is 9.40 Å². The van der Waals surface area contributed by atoms with Crippen molar-refractivity contribution < 1.29 is 13.5 Å². The second-order valence-corrected chi connectivity index (χ2v) is 16.9. The Labute approximate surface area is 319 Å². The van der Waals surface area contributed by atoms with Crippen molar-refractivity contribution in [3.05, 3.63) is 97.5 Å². The molecule has 1 saturated heterocycles. The summed E-state index contributed by atoms with van der Waals surface area (Å²) < 4.78 is 32.0.